The summed E-state index contributed by atoms with van der Waals surface area (Å²) in [4.78, 5) is 11.9. The van der Waals surface area contributed by atoms with Crippen LogP contribution in [-0.2, 0) is 21.2 Å². The van der Waals surface area contributed by atoms with Crippen molar-refractivity contribution in [3.8, 4) is 0 Å². The Morgan fingerprint density at radius 3 is 1.96 bits per heavy atom. The smallest absolute Gasteiger partial charge is 0.338 e. The van der Waals surface area contributed by atoms with E-state index >= 15 is 0 Å². The van der Waals surface area contributed by atoms with Gasteiger partial charge in [0.2, 0.25) is 5.82 Å². The fourth-order valence-corrected chi connectivity index (χ4v) is 2.69. The molecule has 0 heterocycles. The van der Waals surface area contributed by atoms with Gasteiger partial charge in [0.15, 0.2) is 33.1 Å². The quantitative estimate of drug-likeness (QED) is 0.345. The van der Waals surface area contributed by atoms with E-state index in [0.717, 1.165) is 12.3 Å². The van der Waals surface area contributed by atoms with Gasteiger partial charge in [-0.15, -0.1) is 0 Å². The van der Waals surface area contributed by atoms with Gasteiger partial charge in [0.05, 0.1) is 16.0 Å². The summed E-state index contributed by atoms with van der Waals surface area (Å²) in [5, 5.41) is 0. The first-order valence-electron chi connectivity index (χ1n) is 6.93. The summed E-state index contributed by atoms with van der Waals surface area (Å²) in [5.74, 6) is -12.1. The van der Waals surface area contributed by atoms with Gasteiger partial charge in [0, 0.05) is 6.26 Å². The normalized spacial score (nSPS) is 11.5. The Morgan fingerprint density at radius 2 is 1.46 bits per heavy atom. The molecular weight excluding hydrogens is 383 g/mol. The Kier molecular flexibility index (Phi) is 5.36. The number of carbonyl (C=O) groups is 1. The molecule has 0 radical (unpaired) electrons. The molecule has 2 aromatic rings. The predicted molar refractivity (Wildman–Crippen MR) is 79.6 cm³/mol. The molecule has 0 aliphatic heterocycles. The highest BCUT2D eigenvalue weighted by Crippen LogP contribution is 2.24. The number of carbonyl (C=O) groups excluding carboxylic acids is 1. The van der Waals surface area contributed by atoms with Crippen LogP contribution in [0.3, 0.4) is 0 Å². The number of sulfone groups is 1. The number of hydrogen-bond acceptors (Lipinski definition) is 4. The van der Waals surface area contributed by atoms with Crippen molar-refractivity contribution in [2.45, 2.75) is 18.4 Å². The summed E-state index contributed by atoms with van der Waals surface area (Å²) in [5.41, 5.74) is -1.25. The maximum atomic E-state index is 13.6. The van der Waals surface area contributed by atoms with Crippen molar-refractivity contribution >= 4 is 15.8 Å². The molecule has 26 heavy (non-hydrogen) atoms. The van der Waals surface area contributed by atoms with Gasteiger partial charge in [0.25, 0.3) is 0 Å². The number of esters is 1. The van der Waals surface area contributed by atoms with E-state index in [9.17, 15) is 35.2 Å². The monoisotopic (exact) mass is 394 g/mol. The van der Waals surface area contributed by atoms with Gasteiger partial charge < -0.3 is 4.74 Å². The lowest BCUT2D eigenvalue weighted by atomic mass is 10.1. The fourth-order valence-electron chi connectivity index (χ4n) is 2.04. The fraction of sp³-hybridized carbons (Fsp3) is 0.188. The molecule has 0 fully saturated rings. The number of halogens is 5. The average Bonchev–Trinajstić information content (AvgIpc) is 2.57. The van der Waals surface area contributed by atoms with Crippen molar-refractivity contribution in [1.82, 2.24) is 0 Å². The molecule has 0 saturated heterocycles. The summed E-state index contributed by atoms with van der Waals surface area (Å²) in [6.45, 7) is 0.216. The minimum atomic E-state index is -3.64. The standard InChI is InChI=1S/C16H11F5O4S/c1-7-3-4-8(26(2,23)24)5-9(7)16(22)25-6-10-11(17)13(19)15(21)14(20)12(10)18/h3-5H,6H2,1-2H3. The number of benzene rings is 2. The molecule has 0 aromatic heterocycles. The molecular formula is C16H11F5O4S. The minimum Gasteiger partial charge on any atom is -0.457 e. The van der Waals surface area contributed by atoms with E-state index in [1.54, 1.807) is 0 Å². The van der Waals surface area contributed by atoms with Crippen LogP contribution >= 0.6 is 0 Å². The first-order chi connectivity index (χ1) is 11.9. The molecule has 0 bridgehead atoms. The molecule has 10 heteroatoms. The third-order valence-corrected chi connectivity index (χ3v) is 4.62. The molecule has 0 N–H and O–H groups in total. The number of aryl methyl sites for hydroxylation is 1. The second-order valence-electron chi connectivity index (χ2n) is 5.37. The van der Waals surface area contributed by atoms with Crippen molar-refractivity contribution in [2.24, 2.45) is 0 Å². The highest BCUT2D eigenvalue weighted by Gasteiger charge is 2.26. The second kappa shape index (κ2) is 7.02. The summed E-state index contributed by atoms with van der Waals surface area (Å²) >= 11 is 0. The van der Waals surface area contributed by atoms with Crippen LogP contribution in [0.1, 0.15) is 21.5 Å². The van der Waals surface area contributed by atoms with Crippen LogP contribution in [-0.4, -0.2) is 20.6 Å². The van der Waals surface area contributed by atoms with Gasteiger partial charge in [-0.1, -0.05) is 6.07 Å². The molecule has 0 aliphatic rings. The summed E-state index contributed by atoms with van der Waals surface area (Å²) in [6.07, 6.45) is 0.904. The van der Waals surface area contributed by atoms with Gasteiger partial charge in [-0.05, 0) is 24.6 Å². The Hall–Kier alpha value is -2.49. The van der Waals surface area contributed by atoms with Crippen molar-refractivity contribution < 1.29 is 39.9 Å². The number of hydrogen-bond donors (Lipinski definition) is 0. The van der Waals surface area contributed by atoms with Crippen LogP contribution in [0.15, 0.2) is 23.1 Å². The van der Waals surface area contributed by atoms with Gasteiger partial charge in [-0.3, -0.25) is 0 Å². The zero-order chi connectivity index (χ0) is 19.8. The van der Waals surface area contributed by atoms with Crippen molar-refractivity contribution in [3.63, 3.8) is 0 Å². The topological polar surface area (TPSA) is 60.4 Å². The average molecular weight is 394 g/mol. The van der Waals surface area contributed by atoms with Gasteiger partial charge >= 0.3 is 5.97 Å². The van der Waals surface area contributed by atoms with E-state index in [0.29, 0.717) is 5.56 Å². The van der Waals surface area contributed by atoms with Crippen LogP contribution < -0.4 is 0 Å². The molecule has 0 saturated carbocycles. The van der Waals surface area contributed by atoms with Crippen molar-refractivity contribution in [2.75, 3.05) is 6.26 Å². The molecule has 0 aliphatic carbocycles. The van der Waals surface area contributed by atoms with E-state index in [1.165, 1.54) is 19.1 Å². The van der Waals surface area contributed by atoms with Crippen molar-refractivity contribution in [1.29, 1.82) is 0 Å². The Balaban J connectivity index is 2.34. The van der Waals surface area contributed by atoms with E-state index in [4.69, 9.17) is 0 Å². The molecule has 4 nitrogen and oxygen atoms in total. The minimum absolute atomic E-state index is 0.203. The largest absolute Gasteiger partial charge is 0.457 e. The van der Waals surface area contributed by atoms with Crippen molar-refractivity contribution in [3.05, 3.63) is 64.0 Å². The lowest BCUT2D eigenvalue weighted by Crippen LogP contribution is -2.13. The lowest BCUT2D eigenvalue weighted by molar-refractivity contribution is 0.0461. The summed E-state index contributed by atoms with van der Waals surface area (Å²) in [6, 6.07) is 3.54. The van der Waals surface area contributed by atoms with Crippen LogP contribution in [0.5, 0.6) is 0 Å². The SMILES string of the molecule is Cc1ccc(S(C)(=O)=O)cc1C(=O)OCc1c(F)c(F)c(F)c(F)c1F. The third kappa shape index (κ3) is 3.69. The molecule has 0 unspecified atom stereocenters. The maximum Gasteiger partial charge on any atom is 0.338 e. The first kappa shape index (κ1) is 19.8. The van der Waals surface area contributed by atoms with E-state index in [2.05, 4.69) is 4.74 Å². The van der Waals surface area contributed by atoms with Gasteiger partial charge in [-0.2, -0.15) is 0 Å². The van der Waals surface area contributed by atoms with Crippen LogP contribution in [0, 0.1) is 36.0 Å². The zero-order valence-corrected chi connectivity index (χ0v) is 14.2. The molecule has 0 atom stereocenters. The summed E-state index contributed by atoms with van der Waals surface area (Å²) < 4.78 is 94.0. The van der Waals surface area contributed by atoms with Crippen LogP contribution in [0.2, 0.25) is 0 Å². The Labute approximate surface area is 145 Å². The van der Waals surface area contributed by atoms with Gasteiger partial charge in [0.1, 0.15) is 6.61 Å². The van der Waals surface area contributed by atoms with E-state index < -0.39 is 57.1 Å². The molecule has 140 valence electrons. The highest BCUT2D eigenvalue weighted by atomic mass is 32.2. The third-order valence-electron chi connectivity index (χ3n) is 3.51. The van der Waals surface area contributed by atoms with E-state index in [-0.39, 0.29) is 10.5 Å². The molecule has 2 aromatic carbocycles. The maximum absolute atomic E-state index is 13.6. The zero-order valence-electron chi connectivity index (χ0n) is 13.4. The molecule has 0 spiro atoms. The Morgan fingerprint density at radius 1 is 0.962 bits per heavy atom. The van der Waals surface area contributed by atoms with Crippen LogP contribution in [0.25, 0.3) is 0 Å². The van der Waals surface area contributed by atoms with Gasteiger partial charge in [-0.25, -0.2) is 35.2 Å². The number of rotatable bonds is 4. The lowest BCUT2D eigenvalue weighted by Gasteiger charge is -2.11. The predicted octanol–water partition coefficient (Wildman–Crippen LogP) is 3.45. The molecule has 2 rings (SSSR count). The second-order valence-corrected chi connectivity index (χ2v) is 7.39. The number of ether oxygens (including phenoxy) is 1. The Bertz CT molecular complexity index is 973. The first-order valence-corrected chi connectivity index (χ1v) is 8.82. The van der Waals surface area contributed by atoms with Crippen LogP contribution in [0.4, 0.5) is 22.0 Å². The molecule has 0 amide bonds. The summed E-state index contributed by atoms with van der Waals surface area (Å²) in [7, 11) is -3.64. The highest BCUT2D eigenvalue weighted by molar-refractivity contribution is 7.90. The van der Waals surface area contributed by atoms with E-state index in [1.807, 2.05) is 0 Å².